The first kappa shape index (κ1) is 17.0. The Bertz CT molecular complexity index is 1020. The number of para-hydroxylation sites is 1. The van der Waals surface area contributed by atoms with E-state index in [0.29, 0.717) is 12.4 Å². The van der Waals surface area contributed by atoms with E-state index >= 15 is 0 Å². The number of quaternary nitrogens is 1. The smallest absolute Gasteiger partial charge is 0.256 e. The third-order valence-electron chi connectivity index (χ3n) is 5.51. The third-order valence-corrected chi connectivity index (χ3v) is 5.51. The average Bonchev–Trinajstić information content (AvgIpc) is 3.21. The first-order chi connectivity index (χ1) is 13.8. The Morgan fingerprint density at radius 2 is 1.86 bits per heavy atom. The van der Waals surface area contributed by atoms with E-state index in [1.807, 2.05) is 41.3 Å². The minimum atomic E-state index is 0.0754. The molecule has 1 fully saturated rings. The van der Waals surface area contributed by atoms with Crippen molar-refractivity contribution in [1.29, 1.82) is 0 Å². The molecule has 1 N–H and O–H groups in total. The second-order valence-corrected chi connectivity index (χ2v) is 7.29. The van der Waals surface area contributed by atoms with Crippen LogP contribution in [0.25, 0.3) is 10.9 Å². The number of rotatable bonds is 3. The highest BCUT2D eigenvalue weighted by Crippen LogP contribution is 2.32. The molecular formula is C22H22N3O3+. The van der Waals surface area contributed by atoms with E-state index in [0.717, 1.165) is 55.1 Å². The Labute approximate surface area is 163 Å². The standard InChI is InChI=1S/C22H21N3O3/c26-22(18-5-1-3-17-4-2-8-23-21(17)18)25-11-9-24(10-12-25)14-16-6-7-19-20(13-16)28-15-27-19/h1-8,13H,9-12,14-15H2/p+1. The Balaban J connectivity index is 1.25. The topological polar surface area (TPSA) is 56.1 Å². The lowest BCUT2D eigenvalue weighted by Crippen LogP contribution is -3.13. The van der Waals surface area contributed by atoms with Crippen molar-refractivity contribution in [2.24, 2.45) is 0 Å². The summed E-state index contributed by atoms with van der Waals surface area (Å²) in [4.78, 5) is 20.9. The molecule has 2 aromatic carbocycles. The summed E-state index contributed by atoms with van der Waals surface area (Å²) < 4.78 is 10.8. The van der Waals surface area contributed by atoms with Crippen LogP contribution in [0.15, 0.2) is 54.7 Å². The molecule has 0 bridgehead atoms. The van der Waals surface area contributed by atoms with E-state index in [4.69, 9.17) is 9.47 Å². The molecule has 0 radical (unpaired) electrons. The van der Waals surface area contributed by atoms with E-state index in [-0.39, 0.29) is 5.91 Å². The SMILES string of the molecule is O=C(c1cccc2cccnc12)N1CC[NH+](Cc2ccc3c(c2)OCO3)CC1. The van der Waals surface area contributed by atoms with Crippen molar-refractivity contribution < 1.29 is 19.2 Å². The van der Waals surface area contributed by atoms with Gasteiger partial charge in [0.1, 0.15) is 6.54 Å². The number of aromatic nitrogens is 1. The molecule has 0 unspecified atom stereocenters. The van der Waals surface area contributed by atoms with Crippen LogP contribution in [0.1, 0.15) is 15.9 Å². The molecule has 5 rings (SSSR count). The van der Waals surface area contributed by atoms with Gasteiger partial charge in [0.15, 0.2) is 11.5 Å². The van der Waals surface area contributed by atoms with Gasteiger partial charge in [-0.2, -0.15) is 0 Å². The maximum atomic E-state index is 13.1. The van der Waals surface area contributed by atoms with Gasteiger partial charge < -0.3 is 19.3 Å². The molecule has 28 heavy (non-hydrogen) atoms. The Kier molecular flexibility index (Phi) is 4.33. The maximum absolute atomic E-state index is 13.1. The molecule has 3 aromatic rings. The molecule has 0 saturated carbocycles. The van der Waals surface area contributed by atoms with Gasteiger partial charge in [0, 0.05) is 17.1 Å². The second kappa shape index (κ2) is 7.13. The quantitative estimate of drug-likeness (QED) is 0.753. The molecule has 6 heteroatoms. The molecule has 1 saturated heterocycles. The van der Waals surface area contributed by atoms with Gasteiger partial charge in [-0.15, -0.1) is 0 Å². The lowest BCUT2D eigenvalue weighted by Gasteiger charge is -2.32. The molecule has 2 aliphatic heterocycles. The number of carbonyl (C=O) groups excluding carboxylic acids is 1. The van der Waals surface area contributed by atoms with Crippen molar-refractivity contribution in [3.63, 3.8) is 0 Å². The largest absolute Gasteiger partial charge is 0.454 e. The summed E-state index contributed by atoms with van der Waals surface area (Å²) in [6.07, 6.45) is 1.74. The van der Waals surface area contributed by atoms with Crippen LogP contribution in [-0.2, 0) is 6.54 Å². The summed E-state index contributed by atoms with van der Waals surface area (Å²) in [6.45, 7) is 4.59. The van der Waals surface area contributed by atoms with Crippen LogP contribution in [0.2, 0.25) is 0 Å². The molecule has 3 heterocycles. The van der Waals surface area contributed by atoms with Crippen molar-refractivity contribution in [3.8, 4) is 11.5 Å². The lowest BCUT2D eigenvalue weighted by atomic mass is 10.1. The average molecular weight is 376 g/mol. The summed E-state index contributed by atoms with van der Waals surface area (Å²) in [6, 6.07) is 15.8. The van der Waals surface area contributed by atoms with Gasteiger partial charge in [-0.1, -0.05) is 18.2 Å². The van der Waals surface area contributed by atoms with Gasteiger partial charge >= 0.3 is 0 Å². The highest BCUT2D eigenvalue weighted by molar-refractivity contribution is 6.05. The fourth-order valence-corrected chi connectivity index (χ4v) is 3.99. The van der Waals surface area contributed by atoms with Crippen LogP contribution < -0.4 is 14.4 Å². The van der Waals surface area contributed by atoms with E-state index < -0.39 is 0 Å². The van der Waals surface area contributed by atoms with Crippen LogP contribution in [0.5, 0.6) is 11.5 Å². The van der Waals surface area contributed by atoms with Crippen LogP contribution >= 0.6 is 0 Å². The van der Waals surface area contributed by atoms with Gasteiger partial charge in [0.25, 0.3) is 5.91 Å². The fraction of sp³-hybridized carbons (Fsp3) is 0.273. The van der Waals surface area contributed by atoms with Crippen LogP contribution in [0.4, 0.5) is 0 Å². The molecule has 1 amide bonds. The number of hydrogen-bond acceptors (Lipinski definition) is 4. The Morgan fingerprint density at radius 3 is 2.75 bits per heavy atom. The fourth-order valence-electron chi connectivity index (χ4n) is 3.99. The predicted molar refractivity (Wildman–Crippen MR) is 105 cm³/mol. The minimum absolute atomic E-state index is 0.0754. The molecule has 1 aromatic heterocycles. The number of nitrogens with one attached hydrogen (secondary N) is 1. The molecule has 0 aliphatic carbocycles. The Morgan fingerprint density at radius 1 is 1.04 bits per heavy atom. The number of benzene rings is 2. The maximum Gasteiger partial charge on any atom is 0.256 e. The zero-order valence-electron chi connectivity index (χ0n) is 15.6. The summed E-state index contributed by atoms with van der Waals surface area (Å²) in [5.41, 5.74) is 2.71. The van der Waals surface area contributed by atoms with Crippen molar-refractivity contribution in [3.05, 3.63) is 65.9 Å². The normalized spacial score (nSPS) is 16.5. The zero-order chi connectivity index (χ0) is 18.9. The van der Waals surface area contributed by atoms with Crippen LogP contribution in [0.3, 0.4) is 0 Å². The number of ether oxygens (including phenoxy) is 2. The van der Waals surface area contributed by atoms with Gasteiger partial charge in [-0.3, -0.25) is 9.78 Å². The Hall–Kier alpha value is -3.12. The van der Waals surface area contributed by atoms with E-state index in [1.165, 1.54) is 10.5 Å². The molecule has 0 spiro atoms. The first-order valence-corrected chi connectivity index (χ1v) is 9.63. The highest BCUT2D eigenvalue weighted by Gasteiger charge is 2.26. The summed E-state index contributed by atoms with van der Waals surface area (Å²) in [7, 11) is 0. The number of fused-ring (bicyclic) bond motifs is 2. The first-order valence-electron chi connectivity index (χ1n) is 9.63. The molecular weight excluding hydrogens is 354 g/mol. The summed E-state index contributed by atoms with van der Waals surface area (Å²) in [5, 5.41) is 1.00. The molecule has 6 nitrogen and oxygen atoms in total. The van der Waals surface area contributed by atoms with Gasteiger partial charge in [0.2, 0.25) is 6.79 Å². The molecule has 2 aliphatic rings. The van der Waals surface area contributed by atoms with Crippen molar-refractivity contribution >= 4 is 16.8 Å². The van der Waals surface area contributed by atoms with Gasteiger partial charge in [-0.05, 0) is 30.3 Å². The third kappa shape index (κ3) is 3.16. The van der Waals surface area contributed by atoms with Gasteiger partial charge in [0.05, 0.1) is 37.3 Å². The molecule has 0 atom stereocenters. The number of piperazine rings is 1. The predicted octanol–water partition coefficient (Wildman–Crippen LogP) is 1.50. The monoisotopic (exact) mass is 376 g/mol. The number of hydrogen-bond donors (Lipinski definition) is 1. The van der Waals surface area contributed by atoms with Crippen LogP contribution in [-0.4, -0.2) is 48.8 Å². The number of carbonyl (C=O) groups is 1. The van der Waals surface area contributed by atoms with Crippen molar-refractivity contribution in [2.45, 2.75) is 6.54 Å². The van der Waals surface area contributed by atoms with Crippen molar-refractivity contribution in [2.75, 3.05) is 33.0 Å². The summed E-state index contributed by atoms with van der Waals surface area (Å²) >= 11 is 0. The van der Waals surface area contributed by atoms with Gasteiger partial charge in [-0.25, -0.2) is 0 Å². The van der Waals surface area contributed by atoms with E-state index in [1.54, 1.807) is 6.20 Å². The van der Waals surface area contributed by atoms with E-state index in [9.17, 15) is 4.79 Å². The lowest BCUT2D eigenvalue weighted by molar-refractivity contribution is -0.917. The number of nitrogens with zero attached hydrogens (tertiary/aromatic N) is 2. The number of amides is 1. The summed E-state index contributed by atoms with van der Waals surface area (Å²) in [5.74, 6) is 1.72. The van der Waals surface area contributed by atoms with Crippen LogP contribution in [0, 0.1) is 0 Å². The molecule has 142 valence electrons. The second-order valence-electron chi connectivity index (χ2n) is 7.29. The van der Waals surface area contributed by atoms with Crippen molar-refractivity contribution in [1.82, 2.24) is 9.88 Å². The zero-order valence-corrected chi connectivity index (χ0v) is 15.6. The number of pyridine rings is 1. The van der Waals surface area contributed by atoms with E-state index in [2.05, 4.69) is 17.1 Å². The minimum Gasteiger partial charge on any atom is -0.454 e. The highest BCUT2D eigenvalue weighted by atomic mass is 16.7.